The third-order valence-corrected chi connectivity index (χ3v) is 6.86. The Morgan fingerprint density at radius 3 is 2.50 bits per heavy atom. The average Bonchev–Trinajstić information content (AvgIpc) is 3.48. The molecule has 2 heterocycles. The Bertz CT molecular complexity index is 1430. The summed E-state index contributed by atoms with van der Waals surface area (Å²) in [5.41, 5.74) is 1.27. The van der Waals surface area contributed by atoms with Crippen molar-refractivity contribution in [3.8, 4) is 11.4 Å². The molecule has 2 aromatic heterocycles. The summed E-state index contributed by atoms with van der Waals surface area (Å²) in [6.45, 7) is 2.10. The molecule has 3 nitrogen and oxygen atoms in total. The minimum absolute atomic E-state index is 0.232. The first-order valence-electron chi connectivity index (χ1n) is 11.0. The zero-order valence-electron chi connectivity index (χ0n) is 18.5. The zero-order valence-corrected chi connectivity index (χ0v) is 19.3. The maximum Gasteiger partial charge on any atom is 0.416 e. The molecular formula is C27H22F3N3S. The van der Waals surface area contributed by atoms with Crippen LogP contribution in [0.4, 0.5) is 13.2 Å². The van der Waals surface area contributed by atoms with Crippen LogP contribution >= 0.6 is 11.3 Å². The fourth-order valence-electron chi connectivity index (χ4n) is 4.25. The summed E-state index contributed by atoms with van der Waals surface area (Å²) >= 11 is 1.66. The molecule has 0 aliphatic heterocycles. The van der Waals surface area contributed by atoms with Crippen molar-refractivity contribution < 1.29 is 13.2 Å². The van der Waals surface area contributed by atoms with Crippen LogP contribution in [0.3, 0.4) is 0 Å². The van der Waals surface area contributed by atoms with Crippen molar-refractivity contribution in [3.05, 3.63) is 106 Å². The summed E-state index contributed by atoms with van der Waals surface area (Å²) in [7, 11) is 0. The molecule has 0 N–H and O–H groups in total. The Labute approximate surface area is 199 Å². The van der Waals surface area contributed by atoms with Gasteiger partial charge in [-0.1, -0.05) is 60.7 Å². The van der Waals surface area contributed by atoms with E-state index in [1.54, 1.807) is 17.4 Å². The van der Waals surface area contributed by atoms with Gasteiger partial charge in [-0.25, -0.2) is 0 Å². The number of aryl methyl sites for hydroxylation is 3. The van der Waals surface area contributed by atoms with Gasteiger partial charge in [0.15, 0.2) is 5.82 Å². The van der Waals surface area contributed by atoms with Crippen molar-refractivity contribution >= 4 is 22.1 Å². The van der Waals surface area contributed by atoms with Crippen molar-refractivity contribution in [3.63, 3.8) is 0 Å². The Hall–Kier alpha value is -3.45. The molecule has 3 aromatic carbocycles. The Balaban J connectivity index is 1.52. The SMILES string of the molecule is Cc1ccc(CCc2nnc(-c3cccc4ccccc34)n2Cc2cccs2)cc1C(F)(F)F. The molecule has 7 heteroatoms. The zero-order chi connectivity index (χ0) is 23.7. The lowest BCUT2D eigenvalue weighted by atomic mass is 10.0. The number of halogens is 3. The second-order valence-corrected chi connectivity index (χ2v) is 9.31. The van der Waals surface area contributed by atoms with Crippen LogP contribution < -0.4 is 0 Å². The molecule has 0 fully saturated rings. The molecule has 0 saturated carbocycles. The lowest BCUT2D eigenvalue weighted by molar-refractivity contribution is -0.138. The van der Waals surface area contributed by atoms with Gasteiger partial charge >= 0.3 is 6.18 Å². The monoisotopic (exact) mass is 477 g/mol. The van der Waals surface area contributed by atoms with Crippen molar-refractivity contribution in [1.82, 2.24) is 14.8 Å². The summed E-state index contributed by atoms with van der Waals surface area (Å²) in [5.74, 6) is 1.52. The second-order valence-electron chi connectivity index (χ2n) is 8.28. The normalized spacial score (nSPS) is 11.9. The van der Waals surface area contributed by atoms with E-state index in [0.29, 0.717) is 24.9 Å². The van der Waals surface area contributed by atoms with Crippen LogP contribution in [0.25, 0.3) is 22.2 Å². The highest BCUT2D eigenvalue weighted by Gasteiger charge is 2.32. The van der Waals surface area contributed by atoms with Gasteiger partial charge in [-0.15, -0.1) is 21.5 Å². The summed E-state index contributed by atoms with van der Waals surface area (Å²) in [6, 6.07) is 22.9. The Morgan fingerprint density at radius 2 is 1.71 bits per heavy atom. The van der Waals surface area contributed by atoms with Gasteiger partial charge < -0.3 is 4.57 Å². The van der Waals surface area contributed by atoms with Crippen LogP contribution in [0.5, 0.6) is 0 Å². The highest BCUT2D eigenvalue weighted by molar-refractivity contribution is 7.09. The van der Waals surface area contributed by atoms with Gasteiger partial charge in [-0.2, -0.15) is 13.2 Å². The number of fused-ring (bicyclic) bond motifs is 1. The molecule has 0 bridgehead atoms. The molecule has 0 amide bonds. The first-order valence-corrected chi connectivity index (χ1v) is 11.9. The highest BCUT2D eigenvalue weighted by atomic mass is 32.1. The lowest BCUT2D eigenvalue weighted by Crippen LogP contribution is -2.10. The number of alkyl halides is 3. The molecule has 5 aromatic rings. The predicted octanol–water partition coefficient (Wildman–Crippen LogP) is 7.32. The Morgan fingerprint density at radius 1 is 0.882 bits per heavy atom. The number of rotatable bonds is 6. The summed E-state index contributed by atoms with van der Waals surface area (Å²) in [4.78, 5) is 1.16. The van der Waals surface area contributed by atoms with Gasteiger partial charge in [0.05, 0.1) is 12.1 Å². The molecule has 0 aliphatic carbocycles. The molecule has 0 unspecified atom stereocenters. The molecule has 172 valence electrons. The van der Waals surface area contributed by atoms with Gasteiger partial charge in [0.25, 0.3) is 0 Å². The average molecular weight is 478 g/mol. The third-order valence-electron chi connectivity index (χ3n) is 6.00. The van der Waals surface area contributed by atoms with Crippen LogP contribution in [-0.4, -0.2) is 14.8 Å². The third kappa shape index (κ3) is 4.48. The second kappa shape index (κ2) is 9.06. The number of hydrogen-bond acceptors (Lipinski definition) is 3. The first-order chi connectivity index (χ1) is 16.4. The molecule has 0 atom stereocenters. The topological polar surface area (TPSA) is 30.7 Å². The highest BCUT2D eigenvalue weighted by Crippen LogP contribution is 2.33. The van der Waals surface area contributed by atoms with E-state index in [1.165, 1.54) is 19.1 Å². The van der Waals surface area contributed by atoms with E-state index in [-0.39, 0.29) is 5.56 Å². The van der Waals surface area contributed by atoms with Crippen molar-refractivity contribution in [1.29, 1.82) is 0 Å². The van der Waals surface area contributed by atoms with E-state index < -0.39 is 11.7 Å². The molecular weight excluding hydrogens is 455 g/mol. The number of thiophene rings is 1. The minimum atomic E-state index is -4.36. The standard InChI is InChI=1S/C27H22F3N3S/c1-18-11-12-19(16-24(18)27(28,29)30)13-14-25-31-32-26(33(25)17-21-8-5-15-34-21)23-10-4-7-20-6-2-3-9-22(20)23/h2-12,15-16H,13-14,17H2,1H3. The van der Waals surface area contributed by atoms with Crippen LogP contribution in [0, 0.1) is 6.92 Å². The fourth-order valence-corrected chi connectivity index (χ4v) is 4.94. The van der Waals surface area contributed by atoms with Crippen molar-refractivity contribution in [2.24, 2.45) is 0 Å². The van der Waals surface area contributed by atoms with E-state index in [1.807, 2.05) is 35.7 Å². The van der Waals surface area contributed by atoms with Crippen LogP contribution in [0.1, 0.15) is 27.4 Å². The van der Waals surface area contributed by atoms with E-state index in [2.05, 4.69) is 39.0 Å². The number of benzene rings is 3. The van der Waals surface area contributed by atoms with Gasteiger partial charge in [-0.05, 0) is 52.8 Å². The van der Waals surface area contributed by atoms with E-state index >= 15 is 0 Å². The largest absolute Gasteiger partial charge is 0.416 e. The number of nitrogens with zero attached hydrogens (tertiary/aromatic N) is 3. The van der Waals surface area contributed by atoms with Gasteiger partial charge in [0, 0.05) is 16.9 Å². The minimum Gasteiger partial charge on any atom is -0.306 e. The van der Waals surface area contributed by atoms with E-state index in [4.69, 9.17) is 0 Å². The smallest absolute Gasteiger partial charge is 0.306 e. The summed E-state index contributed by atoms with van der Waals surface area (Å²) in [6.07, 6.45) is -3.42. The van der Waals surface area contributed by atoms with Gasteiger partial charge in [0.1, 0.15) is 5.82 Å². The summed E-state index contributed by atoms with van der Waals surface area (Å²) in [5, 5.41) is 13.3. The lowest BCUT2D eigenvalue weighted by Gasteiger charge is -2.13. The quantitative estimate of drug-likeness (QED) is 0.257. The molecule has 0 spiro atoms. The molecule has 0 aliphatic rings. The number of hydrogen-bond donors (Lipinski definition) is 0. The molecule has 34 heavy (non-hydrogen) atoms. The van der Waals surface area contributed by atoms with Crippen LogP contribution in [0.15, 0.2) is 78.2 Å². The first kappa shape index (κ1) is 22.3. The van der Waals surface area contributed by atoms with Crippen molar-refractivity contribution in [2.45, 2.75) is 32.5 Å². The Kier molecular flexibility index (Phi) is 5.96. The fraction of sp³-hybridized carbons (Fsp3) is 0.185. The molecule has 0 radical (unpaired) electrons. The number of aromatic nitrogens is 3. The molecule has 0 saturated heterocycles. The van der Waals surface area contributed by atoms with E-state index in [0.717, 1.165) is 32.9 Å². The van der Waals surface area contributed by atoms with Gasteiger partial charge in [0.2, 0.25) is 0 Å². The maximum absolute atomic E-state index is 13.4. The summed E-state index contributed by atoms with van der Waals surface area (Å²) < 4.78 is 42.2. The van der Waals surface area contributed by atoms with Crippen LogP contribution in [-0.2, 0) is 25.6 Å². The van der Waals surface area contributed by atoms with Crippen LogP contribution in [0.2, 0.25) is 0 Å². The maximum atomic E-state index is 13.4. The van der Waals surface area contributed by atoms with Crippen molar-refractivity contribution in [2.75, 3.05) is 0 Å². The molecule has 5 rings (SSSR count). The predicted molar refractivity (Wildman–Crippen MR) is 130 cm³/mol. The van der Waals surface area contributed by atoms with Gasteiger partial charge in [-0.3, -0.25) is 0 Å². The van der Waals surface area contributed by atoms with E-state index in [9.17, 15) is 13.2 Å².